The number of rotatable bonds is 5. The molecule has 0 radical (unpaired) electrons. The summed E-state index contributed by atoms with van der Waals surface area (Å²) in [6.07, 6.45) is -2.62. The Kier molecular flexibility index (Phi) is 6.77. The van der Waals surface area contributed by atoms with Crippen LogP contribution >= 0.6 is 0 Å². The van der Waals surface area contributed by atoms with E-state index < -0.39 is 17.6 Å². The van der Waals surface area contributed by atoms with E-state index in [0.717, 1.165) is 87.5 Å². The van der Waals surface area contributed by atoms with Gasteiger partial charge in [0.15, 0.2) is 0 Å². The van der Waals surface area contributed by atoms with Crippen LogP contribution in [0.5, 0.6) is 0 Å². The predicted octanol–water partition coefficient (Wildman–Crippen LogP) is 4.06. The van der Waals surface area contributed by atoms with E-state index in [4.69, 9.17) is 9.72 Å². The molecule has 2 fully saturated rings. The van der Waals surface area contributed by atoms with Crippen LogP contribution in [0.15, 0.2) is 42.5 Å². The van der Waals surface area contributed by atoms with Crippen LogP contribution in [0.2, 0.25) is 0 Å². The van der Waals surface area contributed by atoms with Gasteiger partial charge >= 0.3 is 6.18 Å². The predicted molar refractivity (Wildman–Crippen MR) is 126 cm³/mol. The molecule has 1 aromatic heterocycles. The average molecular weight is 488 g/mol. The van der Waals surface area contributed by atoms with E-state index in [9.17, 15) is 18.0 Å². The summed E-state index contributed by atoms with van der Waals surface area (Å²) in [7, 11) is 0. The van der Waals surface area contributed by atoms with Crippen LogP contribution in [0.25, 0.3) is 11.0 Å². The van der Waals surface area contributed by atoms with Gasteiger partial charge in [0.05, 0.1) is 29.8 Å². The molecule has 1 atom stereocenters. The first-order valence-corrected chi connectivity index (χ1v) is 11.9. The van der Waals surface area contributed by atoms with Crippen molar-refractivity contribution in [3.63, 3.8) is 0 Å². The van der Waals surface area contributed by atoms with Gasteiger partial charge in [-0.15, -0.1) is 0 Å². The number of nitrogens with zero attached hydrogens (tertiary/aromatic N) is 3. The minimum Gasteiger partial charge on any atom is -0.379 e. The maximum Gasteiger partial charge on any atom is 0.416 e. The Morgan fingerprint density at radius 2 is 2.00 bits per heavy atom. The number of alkyl halides is 3. The average Bonchev–Trinajstić information content (AvgIpc) is 3.21. The highest BCUT2D eigenvalue weighted by molar-refractivity contribution is 6.04. The fourth-order valence-corrected chi connectivity index (χ4v) is 4.78. The molecule has 2 N–H and O–H groups in total. The summed E-state index contributed by atoms with van der Waals surface area (Å²) in [5.41, 5.74) is 1.84. The third kappa shape index (κ3) is 5.34. The minimum atomic E-state index is -4.52. The molecule has 3 heterocycles. The molecule has 2 aromatic carbocycles. The molecule has 10 heteroatoms. The molecule has 2 aliphatic rings. The van der Waals surface area contributed by atoms with Crippen molar-refractivity contribution in [3.05, 3.63) is 59.2 Å². The van der Waals surface area contributed by atoms with Crippen molar-refractivity contribution in [1.82, 2.24) is 19.8 Å². The van der Waals surface area contributed by atoms with Crippen LogP contribution in [0.4, 0.5) is 19.1 Å². The maximum absolute atomic E-state index is 13.1. The first kappa shape index (κ1) is 23.8. The van der Waals surface area contributed by atoms with Crippen molar-refractivity contribution in [2.45, 2.75) is 31.6 Å². The fourth-order valence-electron chi connectivity index (χ4n) is 4.78. The van der Waals surface area contributed by atoms with E-state index in [0.29, 0.717) is 5.95 Å². The van der Waals surface area contributed by atoms with Crippen molar-refractivity contribution < 1.29 is 22.7 Å². The van der Waals surface area contributed by atoms with E-state index in [2.05, 4.69) is 21.6 Å². The molecule has 35 heavy (non-hydrogen) atoms. The molecule has 2 saturated heterocycles. The van der Waals surface area contributed by atoms with E-state index in [1.807, 2.05) is 16.7 Å². The molecular formula is C25H28F3N5O2. The molecule has 0 spiro atoms. The normalized spacial score (nSPS) is 19.7. The van der Waals surface area contributed by atoms with Crippen LogP contribution in [0, 0.1) is 0 Å². The second-order valence-electron chi connectivity index (χ2n) is 9.05. The zero-order valence-electron chi connectivity index (χ0n) is 19.3. The van der Waals surface area contributed by atoms with Gasteiger partial charge in [0.25, 0.3) is 5.91 Å². The molecule has 1 amide bonds. The SMILES string of the molecule is O=C(Nc1nc2cc(CN3CCOCC3)ccc2n1C1CCCNC1)c1cccc(C(F)(F)F)c1. The van der Waals surface area contributed by atoms with Crippen molar-refractivity contribution in [1.29, 1.82) is 0 Å². The zero-order valence-corrected chi connectivity index (χ0v) is 19.3. The van der Waals surface area contributed by atoms with Gasteiger partial charge in [0.1, 0.15) is 0 Å². The molecule has 2 aliphatic heterocycles. The number of anilines is 1. The fraction of sp³-hybridized carbons (Fsp3) is 0.440. The van der Waals surface area contributed by atoms with Gasteiger partial charge in [0.2, 0.25) is 5.95 Å². The Bertz CT molecular complexity index is 1200. The summed E-state index contributed by atoms with van der Waals surface area (Å²) in [5, 5.41) is 6.17. The lowest BCUT2D eigenvalue weighted by Gasteiger charge is -2.27. The lowest BCUT2D eigenvalue weighted by molar-refractivity contribution is -0.137. The summed E-state index contributed by atoms with van der Waals surface area (Å²) in [5.74, 6) is -0.274. The highest BCUT2D eigenvalue weighted by Crippen LogP contribution is 2.31. The highest BCUT2D eigenvalue weighted by atomic mass is 19.4. The highest BCUT2D eigenvalue weighted by Gasteiger charge is 2.31. The number of morpholine rings is 1. The number of hydrogen-bond donors (Lipinski definition) is 2. The smallest absolute Gasteiger partial charge is 0.379 e. The first-order chi connectivity index (χ1) is 16.9. The summed E-state index contributed by atoms with van der Waals surface area (Å²) < 4.78 is 46.9. The van der Waals surface area contributed by atoms with E-state index in [1.54, 1.807) is 0 Å². The maximum atomic E-state index is 13.1. The van der Waals surface area contributed by atoms with Crippen molar-refractivity contribution >= 4 is 22.9 Å². The van der Waals surface area contributed by atoms with Crippen LogP contribution in [0.3, 0.4) is 0 Å². The summed E-state index contributed by atoms with van der Waals surface area (Å²) in [6, 6.07) is 10.6. The lowest BCUT2D eigenvalue weighted by atomic mass is 10.1. The van der Waals surface area contributed by atoms with Crippen LogP contribution in [-0.4, -0.2) is 59.8 Å². The monoisotopic (exact) mass is 487 g/mol. The number of amides is 1. The van der Waals surface area contributed by atoms with Crippen molar-refractivity contribution in [2.24, 2.45) is 0 Å². The molecule has 0 bridgehead atoms. The third-order valence-electron chi connectivity index (χ3n) is 6.58. The number of ether oxygens (including phenoxy) is 1. The Hall–Kier alpha value is -2.95. The molecule has 3 aromatic rings. The Morgan fingerprint density at radius 3 is 2.74 bits per heavy atom. The molecular weight excluding hydrogens is 459 g/mol. The van der Waals surface area contributed by atoms with Crippen LogP contribution in [-0.2, 0) is 17.5 Å². The number of aromatic nitrogens is 2. The van der Waals surface area contributed by atoms with Gasteiger partial charge in [-0.1, -0.05) is 12.1 Å². The second kappa shape index (κ2) is 9.96. The molecule has 0 saturated carbocycles. The summed E-state index contributed by atoms with van der Waals surface area (Å²) in [6.45, 7) is 5.63. The topological polar surface area (TPSA) is 71.4 Å². The molecule has 186 valence electrons. The number of hydrogen-bond acceptors (Lipinski definition) is 5. The van der Waals surface area contributed by atoms with Crippen LogP contribution in [0.1, 0.15) is 40.4 Å². The zero-order chi connectivity index (χ0) is 24.4. The summed E-state index contributed by atoms with van der Waals surface area (Å²) in [4.78, 5) is 20.0. The third-order valence-corrected chi connectivity index (χ3v) is 6.58. The summed E-state index contributed by atoms with van der Waals surface area (Å²) >= 11 is 0. The molecule has 1 unspecified atom stereocenters. The van der Waals surface area contributed by atoms with Gasteiger partial charge in [-0.25, -0.2) is 4.98 Å². The molecule has 7 nitrogen and oxygen atoms in total. The van der Waals surface area contributed by atoms with E-state index in [-0.39, 0.29) is 11.6 Å². The number of carbonyl (C=O) groups is 1. The van der Waals surface area contributed by atoms with E-state index >= 15 is 0 Å². The quantitative estimate of drug-likeness (QED) is 0.568. The van der Waals surface area contributed by atoms with Gasteiger partial charge < -0.3 is 14.6 Å². The van der Waals surface area contributed by atoms with E-state index in [1.165, 1.54) is 12.1 Å². The van der Waals surface area contributed by atoms with Crippen molar-refractivity contribution in [3.8, 4) is 0 Å². The van der Waals surface area contributed by atoms with Gasteiger partial charge in [0, 0.05) is 37.8 Å². The number of fused-ring (bicyclic) bond motifs is 1. The minimum absolute atomic E-state index is 0.0618. The standard InChI is InChI=1S/C25H28F3N5O2/c26-25(27,28)19-4-1-3-18(14-19)23(34)31-24-30-21-13-17(16-32-9-11-35-12-10-32)6-7-22(21)33(24)20-5-2-8-29-15-20/h1,3-4,6-7,13-14,20,29H,2,5,8-12,15-16H2,(H,30,31,34). The molecule has 0 aliphatic carbocycles. The Labute approximate surface area is 201 Å². The van der Waals surface area contributed by atoms with Gasteiger partial charge in [-0.2, -0.15) is 13.2 Å². The largest absolute Gasteiger partial charge is 0.416 e. The lowest BCUT2D eigenvalue weighted by Crippen LogP contribution is -2.35. The number of benzene rings is 2. The number of carbonyl (C=O) groups excluding carboxylic acids is 1. The number of nitrogens with one attached hydrogen (secondary N) is 2. The van der Waals surface area contributed by atoms with Gasteiger partial charge in [-0.05, 0) is 55.3 Å². The second-order valence-corrected chi connectivity index (χ2v) is 9.05. The number of imidazole rings is 1. The Morgan fingerprint density at radius 1 is 1.17 bits per heavy atom. The Balaban J connectivity index is 1.46. The van der Waals surface area contributed by atoms with Crippen molar-refractivity contribution in [2.75, 3.05) is 44.7 Å². The number of piperidine rings is 1. The first-order valence-electron chi connectivity index (χ1n) is 11.9. The number of halogens is 3. The van der Waals surface area contributed by atoms with Gasteiger partial charge in [-0.3, -0.25) is 15.0 Å². The van der Waals surface area contributed by atoms with Crippen LogP contribution < -0.4 is 10.6 Å². The molecule has 5 rings (SSSR count).